The number of aryl methyl sites for hydroxylation is 1. The Morgan fingerprint density at radius 2 is 2.06 bits per heavy atom. The van der Waals surface area contributed by atoms with E-state index in [4.69, 9.17) is 0 Å². The molecule has 0 aliphatic heterocycles. The fraction of sp³-hybridized carbons (Fsp3) is 0.500. The van der Waals surface area contributed by atoms with Crippen molar-refractivity contribution in [1.82, 2.24) is 10.2 Å². The Morgan fingerprint density at radius 1 is 1.28 bits per heavy atom. The average Bonchev–Trinajstić information content (AvgIpc) is 2.28. The van der Waals surface area contributed by atoms with Crippen LogP contribution in [-0.4, -0.2) is 44.5 Å². The van der Waals surface area contributed by atoms with Crippen molar-refractivity contribution in [2.75, 3.05) is 39.0 Å². The standard InChI is InChI=1S/C14H23N3O/c1-12-5-4-6-13(11-12)16-14(18)7-8-15-9-10-17(2)3/h4-6,11,15H,7-10H2,1-3H3,(H,16,18). The zero-order valence-corrected chi connectivity index (χ0v) is 11.5. The molecule has 1 aromatic carbocycles. The number of hydrogen-bond acceptors (Lipinski definition) is 3. The molecule has 0 unspecified atom stereocenters. The van der Waals surface area contributed by atoms with Gasteiger partial charge in [-0.05, 0) is 38.7 Å². The maximum atomic E-state index is 11.7. The Hall–Kier alpha value is -1.39. The van der Waals surface area contributed by atoms with Crippen LogP contribution in [0.1, 0.15) is 12.0 Å². The molecule has 0 saturated heterocycles. The Bertz CT molecular complexity index is 377. The van der Waals surface area contributed by atoms with Crippen LogP contribution in [0.15, 0.2) is 24.3 Å². The molecule has 0 heterocycles. The van der Waals surface area contributed by atoms with E-state index in [1.165, 1.54) is 0 Å². The third-order valence-corrected chi connectivity index (χ3v) is 2.57. The first-order chi connectivity index (χ1) is 8.58. The van der Waals surface area contributed by atoms with E-state index in [1.54, 1.807) is 0 Å². The number of carbonyl (C=O) groups excluding carboxylic acids is 1. The van der Waals surface area contributed by atoms with Gasteiger partial charge in [0.1, 0.15) is 0 Å². The molecule has 100 valence electrons. The summed E-state index contributed by atoms with van der Waals surface area (Å²) < 4.78 is 0. The predicted octanol–water partition coefficient (Wildman–Crippen LogP) is 1.47. The topological polar surface area (TPSA) is 44.4 Å². The normalized spacial score (nSPS) is 10.7. The molecule has 4 nitrogen and oxygen atoms in total. The number of nitrogens with zero attached hydrogens (tertiary/aromatic N) is 1. The number of rotatable bonds is 7. The van der Waals surface area contributed by atoms with Crippen LogP contribution in [0.3, 0.4) is 0 Å². The average molecular weight is 249 g/mol. The lowest BCUT2D eigenvalue weighted by molar-refractivity contribution is -0.116. The van der Waals surface area contributed by atoms with Gasteiger partial charge in [-0.3, -0.25) is 4.79 Å². The summed E-state index contributed by atoms with van der Waals surface area (Å²) in [6.45, 7) is 4.62. The van der Waals surface area contributed by atoms with Gasteiger partial charge < -0.3 is 15.5 Å². The lowest BCUT2D eigenvalue weighted by atomic mass is 10.2. The molecular weight excluding hydrogens is 226 g/mol. The Balaban J connectivity index is 2.18. The SMILES string of the molecule is Cc1cccc(NC(=O)CCNCCN(C)C)c1. The fourth-order valence-electron chi connectivity index (χ4n) is 1.58. The van der Waals surface area contributed by atoms with Crippen molar-refractivity contribution in [3.63, 3.8) is 0 Å². The maximum Gasteiger partial charge on any atom is 0.225 e. The minimum atomic E-state index is 0.0537. The van der Waals surface area contributed by atoms with Crippen LogP contribution in [0.4, 0.5) is 5.69 Å². The van der Waals surface area contributed by atoms with Gasteiger partial charge in [0, 0.05) is 31.7 Å². The first-order valence-corrected chi connectivity index (χ1v) is 6.30. The van der Waals surface area contributed by atoms with Crippen LogP contribution in [-0.2, 0) is 4.79 Å². The van der Waals surface area contributed by atoms with Gasteiger partial charge in [0.05, 0.1) is 0 Å². The molecule has 0 fully saturated rings. The summed E-state index contributed by atoms with van der Waals surface area (Å²) in [6, 6.07) is 7.83. The van der Waals surface area contributed by atoms with Crippen LogP contribution >= 0.6 is 0 Å². The number of nitrogens with one attached hydrogen (secondary N) is 2. The van der Waals surface area contributed by atoms with Crippen LogP contribution in [0.2, 0.25) is 0 Å². The fourth-order valence-corrected chi connectivity index (χ4v) is 1.58. The smallest absolute Gasteiger partial charge is 0.225 e. The molecule has 1 amide bonds. The first-order valence-electron chi connectivity index (χ1n) is 6.30. The highest BCUT2D eigenvalue weighted by Crippen LogP contribution is 2.09. The quantitative estimate of drug-likeness (QED) is 0.719. The summed E-state index contributed by atoms with van der Waals surface area (Å²) in [5.74, 6) is 0.0537. The molecule has 1 rings (SSSR count). The highest BCUT2D eigenvalue weighted by molar-refractivity contribution is 5.90. The summed E-state index contributed by atoms with van der Waals surface area (Å²) in [5, 5.41) is 6.14. The van der Waals surface area contributed by atoms with Crippen molar-refractivity contribution in [3.05, 3.63) is 29.8 Å². The van der Waals surface area contributed by atoms with Crippen LogP contribution in [0, 0.1) is 6.92 Å². The molecule has 0 atom stereocenters. The lowest BCUT2D eigenvalue weighted by Crippen LogP contribution is -2.29. The molecule has 4 heteroatoms. The van der Waals surface area contributed by atoms with Crippen LogP contribution in [0.5, 0.6) is 0 Å². The van der Waals surface area contributed by atoms with Crippen molar-refractivity contribution >= 4 is 11.6 Å². The highest BCUT2D eigenvalue weighted by Gasteiger charge is 2.01. The molecule has 1 aromatic rings. The number of anilines is 1. The van der Waals surface area contributed by atoms with Crippen LogP contribution < -0.4 is 10.6 Å². The molecule has 0 spiro atoms. The van der Waals surface area contributed by atoms with Gasteiger partial charge in [-0.25, -0.2) is 0 Å². The van der Waals surface area contributed by atoms with E-state index in [2.05, 4.69) is 15.5 Å². The van der Waals surface area contributed by atoms with Gasteiger partial charge in [-0.1, -0.05) is 12.1 Å². The largest absolute Gasteiger partial charge is 0.326 e. The van der Waals surface area contributed by atoms with E-state index in [-0.39, 0.29) is 5.91 Å². The molecule has 0 saturated carbocycles. The van der Waals surface area contributed by atoms with Gasteiger partial charge in [0.25, 0.3) is 0 Å². The van der Waals surface area contributed by atoms with Crippen molar-refractivity contribution in [1.29, 1.82) is 0 Å². The Labute approximate surface area is 109 Å². The number of amides is 1. The monoisotopic (exact) mass is 249 g/mol. The molecule has 0 radical (unpaired) electrons. The molecule has 18 heavy (non-hydrogen) atoms. The molecule has 0 bridgehead atoms. The van der Waals surface area contributed by atoms with E-state index >= 15 is 0 Å². The summed E-state index contributed by atoms with van der Waals surface area (Å²) in [6.07, 6.45) is 0.501. The van der Waals surface area contributed by atoms with E-state index in [0.717, 1.165) is 24.3 Å². The third-order valence-electron chi connectivity index (χ3n) is 2.57. The van der Waals surface area contributed by atoms with Crippen molar-refractivity contribution in [2.24, 2.45) is 0 Å². The van der Waals surface area contributed by atoms with Crippen LogP contribution in [0.25, 0.3) is 0 Å². The summed E-state index contributed by atoms with van der Waals surface area (Å²) in [5.41, 5.74) is 2.02. The first kappa shape index (κ1) is 14.7. The molecular formula is C14H23N3O. The second-order valence-corrected chi connectivity index (χ2v) is 4.72. The molecule has 0 aliphatic rings. The third kappa shape index (κ3) is 6.37. The number of benzene rings is 1. The van der Waals surface area contributed by atoms with E-state index < -0.39 is 0 Å². The maximum absolute atomic E-state index is 11.7. The van der Waals surface area contributed by atoms with Crippen molar-refractivity contribution in [2.45, 2.75) is 13.3 Å². The van der Waals surface area contributed by atoms with E-state index in [1.807, 2.05) is 45.3 Å². The number of carbonyl (C=O) groups is 1. The number of likely N-dealkylation sites (N-methyl/N-ethyl adjacent to an activating group) is 1. The van der Waals surface area contributed by atoms with E-state index in [9.17, 15) is 4.79 Å². The lowest BCUT2D eigenvalue weighted by Gasteiger charge is -2.10. The van der Waals surface area contributed by atoms with Gasteiger partial charge in [-0.15, -0.1) is 0 Å². The molecule has 0 aliphatic carbocycles. The Morgan fingerprint density at radius 3 is 2.72 bits per heavy atom. The summed E-state index contributed by atoms with van der Waals surface area (Å²) in [4.78, 5) is 13.8. The second kappa shape index (κ2) is 7.84. The van der Waals surface area contributed by atoms with Gasteiger partial charge in [0.2, 0.25) is 5.91 Å². The minimum absolute atomic E-state index is 0.0537. The minimum Gasteiger partial charge on any atom is -0.326 e. The van der Waals surface area contributed by atoms with Gasteiger partial charge in [0.15, 0.2) is 0 Å². The molecule has 0 aromatic heterocycles. The molecule has 2 N–H and O–H groups in total. The summed E-state index contributed by atoms with van der Waals surface area (Å²) >= 11 is 0. The van der Waals surface area contributed by atoms with E-state index in [0.29, 0.717) is 13.0 Å². The van der Waals surface area contributed by atoms with Gasteiger partial charge in [-0.2, -0.15) is 0 Å². The predicted molar refractivity (Wildman–Crippen MR) is 75.8 cm³/mol. The van der Waals surface area contributed by atoms with Crippen molar-refractivity contribution in [3.8, 4) is 0 Å². The zero-order chi connectivity index (χ0) is 13.4. The zero-order valence-electron chi connectivity index (χ0n) is 11.5. The number of hydrogen-bond donors (Lipinski definition) is 2. The summed E-state index contributed by atoms with van der Waals surface area (Å²) in [7, 11) is 4.07. The van der Waals surface area contributed by atoms with Crippen molar-refractivity contribution < 1.29 is 4.79 Å². The second-order valence-electron chi connectivity index (χ2n) is 4.72. The van der Waals surface area contributed by atoms with Gasteiger partial charge >= 0.3 is 0 Å². The Kier molecular flexibility index (Phi) is 6.39. The highest BCUT2D eigenvalue weighted by atomic mass is 16.1.